The Balaban J connectivity index is 2.48. The summed E-state index contributed by atoms with van der Waals surface area (Å²) in [4.78, 5) is 2.60. The van der Waals surface area contributed by atoms with E-state index in [2.05, 4.69) is 37.8 Å². The Hall–Kier alpha value is -0.560. The van der Waals surface area contributed by atoms with Gasteiger partial charge in [0.05, 0.1) is 0 Å². The van der Waals surface area contributed by atoms with Gasteiger partial charge in [0.25, 0.3) is 0 Å². The first kappa shape index (κ1) is 12.5. The quantitative estimate of drug-likeness (QED) is 0.634. The average molecular weight is 207 g/mol. The Morgan fingerprint density at radius 1 is 1.20 bits per heavy atom. The fourth-order valence-corrected chi connectivity index (χ4v) is 2.07. The molecule has 1 fully saturated rings. The minimum absolute atomic E-state index is 1.18. The maximum absolute atomic E-state index is 2.60. The van der Waals surface area contributed by atoms with Gasteiger partial charge >= 0.3 is 0 Å². The number of hydrogen-bond donors (Lipinski definition) is 0. The molecule has 0 saturated carbocycles. The van der Waals surface area contributed by atoms with E-state index in [-0.39, 0.29) is 0 Å². The molecular formula is C14H25N. The Kier molecular flexibility index (Phi) is 5.70. The van der Waals surface area contributed by atoms with Crippen molar-refractivity contribution >= 4 is 0 Å². The maximum Gasteiger partial charge on any atom is 0.0195 e. The molecule has 0 radical (unpaired) electrons. The molecule has 15 heavy (non-hydrogen) atoms. The van der Waals surface area contributed by atoms with Crippen LogP contribution in [-0.4, -0.2) is 24.5 Å². The van der Waals surface area contributed by atoms with Crippen molar-refractivity contribution in [2.75, 3.05) is 19.6 Å². The van der Waals surface area contributed by atoms with E-state index < -0.39 is 0 Å². The molecule has 1 saturated heterocycles. The summed E-state index contributed by atoms with van der Waals surface area (Å²) < 4.78 is 0. The van der Waals surface area contributed by atoms with Crippen LogP contribution in [0.2, 0.25) is 0 Å². The molecule has 0 unspecified atom stereocenters. The Labute approximate surface area is 94.9 Å². The fourth-order valence-electron chi connectivity index (χ4n) is 2.07. The molecule has 1 aliphatic heterocycles. The standard InChI is InChI=1S/C14H25N/c1-4-13(3)11-14(5-2)12-15-9-7-6-8-10-15/h4,11H,5-10,12H2,1-3H3/b13-4+,14-11+. The first-order valence-corrected chi connectivity index (χ1v) is 6.31. The monoisotopic (exact) mass is 207 g/mol. The topological polar surface area (TPSA) is 3.24 Å². The van der Waals surface area contributed by atoms with Crippen molar-refractivity contribution in [2.45, 2.75) is 46.5 Å². The molecule has 0 spiro atoms. The molecule has 0 aromatic carbocycles. The van der Waals surface area contributed by atoms with E-state index in [9.17, 15) is 0 Å². The van der Waals surface area contributed by atoms with Crippen LogP contribution < -0.4 is 0 Å². The number of allylic oxidation sites excluding steroid dienone is 3. The van der Waals surface area contributed by atoms with Crippen molar-refractivity contribution < 1.29 is 0 Å². The molecular weight excluding hydrogens is 182 g/mol. The molecule has 86 valence electrons. The van der Waals surface area contributed by atoms with E-state index in [0.29, 0.717) is 0 Å². The Morgan fingerprint density at radius 3 is 2.40 bits per heavy atom. The van der Waals surface area contributed by atoms with Crippen LogP contribution in [0.1, 0.15) is 46.5 Å². The van der Waals surface area contributed by atoms with Gasteiger partial charge in [-0.3, -0.25) is 4.90 Å². The first-order valence-electron chi connectivity index (χ1n) is 6.31. The SMILES string of the molecule is C/C=C(C)/C=C(\CC)CN1CCCCC1. The largest absolute Gasteiger partial charge is 0.299 e. The van der Waals surface area contributed by atoms with Gasteiger partial charge in [-0.1, -0.05) is 36.6 Å². The van der Waals surface area contributed by atoms with Gasteiger partial charge in [0.1, 0.15) is 0 Å². The molecule has 1 heteroatoms. The molecule has 0 aromatic rings. The van der Waals surface area contributed by atoms with Crippen LogP contribution in [0.4, 0.5) is 0 Å². The van der Waals surface area contributed by atoms with Crippen LogP contribution >= 0.6 is 0 Å². The highest BCUT2D eigenvalue weighted by molar-refractivity contribution is 5.21. The zero-order chi connectivity index (χ0) is 11.1. The van der Waals surface area contributed by atoms with Crippen molar-refractivity contribution in [2.24, 2.45) is 0 Å². The number of hydrogen-bond acceptors (Lipinski definition) is 1. The van der Waals surface area contributed by atoms with Gasteiger partial charge < -0.3 is 0 Å². The van der Waals surface area contributed by atoms with Crippen molar-refractivity contribution in [3.63, 3.8) is 0 Å². The zero-order valence-corrected chi connectivity index (χ0v) is 10.6. The van der Waals surface area contributed by atoms with Gasteiger partial charge in [0.2, 0.25) is 0 Å². The lowest BCUT2D eigenvalue weighted by molar-refractivity contribution is 0.245. The summed E-state index contributed by atoms with van der Waals surface area (Å²) in [6, 6.07) is 0. The molecule has 1 heterocycles. The number of piperidine rings is 1. The predicted octanol–water partition coefficient (Wildman–Crippen LogP) is 3.77. The molecule has 0 N–H and O–H groups in total. The highest BCUT2D eigenvalue weighted by atomic mass is 15.1. The molecule has 1 nitrogen and oxygen atoms in total. The van der Waals surface area contributed by atoms with Gasteiger partial charge in [0, 0.05) is 6.54 Å². The summed E-state index contributed by atoms with van der Waals surface area (Å²) in [6.07, 6.45) is 9.93. The van der Waals surface area contributed by atoms with E-state index >= 15 is 0 Å². The highest BCUT2D eigenvalue weighted by Gasteiger charge is 2.10. The van der Waals surface area contributed by atoms with E-state index in [1.54, 1.807) is 5.57 Å². The fraction of sp³-hybridized carbons (Fsp3) is 0.714. The Morgan fingerprint density at radius 2 is 1.87 bits per heavy atom. The Bertz CT molecular complexity index is 232. The molecule has 0 amide bonds. The van der Waals surface area contributed by atoms with Crippen molar-refractivity contribution in [1.82, 2.24) is 4.90 Å². The highest BCUT2D eigenvalue weighted by Crippen LogP contribution is 2.13. The van der Waals surface area contributed by atoms with E-state index in [1.165, 1.54) is 50.9 Å². The van der Waals surface area contributed by atoms with Crippen LogP contribution in [0.25, 0.3) is 0 Å². The predicted molar refractivity (Wildman–Crippen MR) is 68.1 cm³/mol. The van der Waals surface area contributed by atoms with Gasteiger partial charge in [-0.15, -0.1) is 0 Å². The lowest BCUT2D eigenvalue weighted by Crippen LogP contribution is -2.31. The molecule has 0 aliphatic carbocycles. The normalized spacial score (nSPS) is 20.7. The second-order valence-corrected chi connectivity index (χ2v) is 4.53. The smallest absolute Gasteiger partial charge is 0.0195 e. The van der Waals surface area contributed by atoms with E-state index in [4.69, 9.17) is 0 Å². The van der Waals surface area contributed by atoms with Crippen LogP contribution in [-0.2, 0) is 0 Å². The summed E-state index contributed by atoms with van der Waals surface area (Å²) >= 11 is 0. The summed E-state index contributed by atoms with van der Waals surface area (Å²) in [5.74, 6) is 0. The zero-order valence-electron chi connectivity index (χ0n) is 10.6. The number of likely N-dealkylation sites (tertiary alicyclic amines) is 1. The van der Waals surface area contributed by atoms with Crippen LogP contribution in [0.3, 0.4) is 0 Å². The number of nitrogens with zero attached hydrogens (tertiary/aromatic N) is 1. The van der Waals surface area contributed by atoms with Crippen molar-refractivity contribution in [1.29, 1.82) is 0 Å². The van der Waals surface area contributed by atoms with Gasteiger partial charge in [-0.05, 0) is 46.2 Å². The third-order valence-corrected chi connectivity index (χ3v) is 3.22. The number of rotatable bonds is 4. The molecule has 0 aromatic heterocycles. The van der Waals surface area contributed by atoms with E-state index in [1.807, 2.05) is 0 Å². The molecule has 1 rings (SSSR count). The van der Waals surface area contributed by atoms with Crippen molar-refractivity contribution in [3.8, 4) is 0 Å². The third-order valence-electron chi connectivity index (χ3n) is 3.22. The average Bonchev–Trinajstić information content (AvgIpc) is 2.29. The van der Waals surface area contributed by atoms with Gasteiger partial charge in [0.15, 0.2) is 0 Å². The van der Waals surface area contributed by atoms with Crippen LogP contribution in [0.15, 0.2) is 23.3 Å². The minimum Gasteiger partial charge on any atom is -0.299 e. The molecule has 0 atom stereocenters. The second-order valence-electron chi connectivity index (χ2n) is 4.53. The van der Waals surface area contributed by atoms with Crippen LogP contribution in [0, 0.1) is 0 Å². The molecule has 1 aliphatic rings. The summed E-state index contributed by atoms with van der Waals surface area (Å²) in [6.45, 7) is 10.3. The van der Waals surface area contributed by atoms with Crippen molar-refractivity contribution in [3.05, 3.63) is 23.3 Å². The third kappa shape index (κ3) is 4.65. The first-order chi connectivity index (χ1) is 7.26. The van der Waals surface area contributed by atoms with Gasteiger partial charge in [-0.2, -0.15) is 0 Å². The summed E-state index contributed by atoms with van der Waals surface area (Å²) in [5.41, 5.74) is 2.97. The van der Waals surface area contributed by atoms with Crippen LogP contribution in [0.5, 0.6) is 0 Å². The second kappa shape index (κ2) is 6.84. The lowest BCUT2D eigenvalue weighted by atomic mass is 10.1. The van der Waals surface area contributed by atoms with Gasteiger partial charge in [-0.25, -0.2) is 0 Å². The lowest BCUT2D eigenvalue weighted by Gasteiger charge is -2.27. The minimum atomic E-state index is 1.18. The van der Waals surface area contributed by atoms with E-state index in [0.717, 1.165) is 0 Å². The molecule has 0 bridgehead atoms. The maximum atomic E-state index is 2.60. The summed E-state index contributed by atoms with van der Waals surface area (Å²) in [7, 11) is 0. The summed E-state index contributed by atoms with van der Waals surface area (Å²) in [5, 5.41) is 0.